The van der Waals surface area contributed by atoms with Gasteiger partial charge in [-0.05, 0) is 24.5 Å². The number of benzene rings is 1. The van der Waals surface area contributed by atoms with Gasteiger partial charge in [-0.2, -0.15) is 0 Å². The number of rotatable bonds is 8. The van der Waals surface area contributed by atoms with Crippen molar-refractivity contribution in [1.29, 1.82) is 0 Å². The average molecular weight is 391 g/mol. The first-order chi connectivity index (χ1) is 12.6. The van der Waals surface area contributed by atoms with E-state index in [4.69, 9.17) is 0 Å². The summed E-state index contributed by atoms with van der Waals surface area (Å²) >= 11 is 1.63. The summed E-state index contributed by atoms with van der Waals surface area (Å²) in [7, 11) is 0.392. The van der Waals surface area contributed by atoms with Gasteiger partial charge < -0.3 is 10.2 Å². The maximum Gasteiger partial charge on any atom is 0.336 e. The third-order valence-corrected chi connectivity index (χ3v) is 7.81. The summed E-state index contributed by atoms with van der Waals surface area (Å²) in [5.41, 5.74) is 0.184. The molecule has 2 unspecified atom stereocenters. The summed E-state index contributed by atoms with van der Waals surface area (Å²) < 4.78 is 0. The number of carboxylic acids is 1. The van der Waals surface area contributed by atoms with E-state index in [2.05, 4.69) is 11.1 Å². The molecule has 26 heavy (non-hydrogen) atoms. The molecule has 140 valence electrons. The van der Waals surface area contributed by atoms with Crippen LogP contribution in [0.25, 0.3) is 10.9 Å². The van der Waals surface area contributed by atoms with E-state index in [0.29, 0.717) is 27.1 Å². The topological polar surface area (TPSA) is 70.4 Å². The van der Waals surface area contributed by atoms with Crippen molar-refractivity contribution in [2.75, 3.05) is 11.7 Å². The molecule has 0 amide bonds. The fourth-order valence-electron chi connectivity index (χ4n) is 3.61. The Morgan fingerprint density at radius 2 is 1.96 bits per heavy atom. The van der Waals surface area contributed by atoms with Gasteiger partial charge in [0.2, 0.25) is 0 Å². The van der Waals surface area contributed by atoms with Crippen LogP contribution in [0.4, 0.5) is 0 Å². The molecule has 1 saturated carbocycles. The summed E-state index contributed by atoms with van der Waals surface area (Å²) in [6.07, 6.45) is 6.38. The van der Waals surface area contributed by atoms with Gasteiger partial charge in [0.15, 0.2) is 5.60 Å². The maximum absolute atomic E-state index is 11.6. The van der Waals surface area contributed by atoms with Gasteiger partial charge in [0.05, 0.1) is 10.5 Å². The lowest BCUT2D eigenvalue weighted by Gasteiger charge is -2.30. The van der Waals surface area contributed by atoms with Crippen molar-refractivity contribution < 1.29 is 15.0 Å². The van der Waals surface area contributed by atoms with Crippen molar-refractivity contribution >= 4 is 37.2 Å². The summed E-state index contributed by atoms with van der Waals surface area (Å²) in [6.45, 7) is 0. The Morgan fingerprint density at radius 1 is 1.19 bits per heavy atom. The number of nitrogens with zero attached hydrogens (tertiary/aromatic N) is 1. The monoisotopic (exact) mass is 391 g/mol. The third kappa shape index (κ3) is 5.18. The molecule has 1 aromatic carbocycles. The van der Waals surface area contributed by atoms with Crippen molar-refractivity contribution in [3.8, 4) is 0 Å². The van der Waals surface area contributed by atoms with Crippen LogP contribution in [0.5, 0.6) is 0 Å². The third-order valence-electron chi connectivity index (χ3n) is 5.06. The van der Waals surface area contributed by atoms with Crippen LogP contribution in [0.3, 0.4) is 0 Å². The number of aliphatic carboxylic acids is 1. The van der Waals surface area contributed by atoms with Gasteiger partial charge in [-0.15, -0.1) is 20.3 Å². The number of para-hydroxylation sites is 1. The van der Waals surface area contributed by atoms with Gasteiger partial charge in [0.1, 0.15) is 0 Å². The Balaban J connectivity index is 1.51. The van der Waals surface area contributed by atoms with E-state index in [0.717, 1.165) is 47.1 Å². The smallest absolute Gasteiger partial charge is 0.336 e. The highest BCUT2D eigenvalue weighted by Crippen LogP contribution is 2.35. The van der Waals surface area contributed by atoms with Gasteiger partial charge in [-0.25, -0.2) is 9.78 Å². The molecule has 1 aromatic heterocycles. The first-order valence-corrected chi connectivity index (χ1v) is 11.6. The molecule has 1 heterocycles. The lowest BCUT2D eigenvalue weighted by Crippen LogP contribution is -2.43. The van der Waals surface area contributed by atoms with Crippen LogP contribution >= 0.6 is 20.3 Å². The van der Waals surface area contributed by atoms with Crippen LogP contribution in [0.1, 0.15) is 38.5 Å². The van der Waals surface area contributed by atoms with Crippen LogP contribution < -0.4 is 0 Å². The lowest BCUT2D eigenvalue weighted by atomic mass is 9.81. The minimum atomic E-state index is -1.57. The number of aliphatic hydroxyl groups is 1. The second-order valence-electron chi connectivity index (χ2n) is 7.10. The van der Waals surface area contributed by atoms with Crippen LogP contribution in [-0.4, -0.2) is 38.4 Å². The highest BCUT2D eigenvalue weighted by Gasteiger charge is 2.38. The largest absolute Gasteiger partial charge is 0.479 e. The standard InChI is InChI=1S/C20H26NO3PS/c22-19(23)20(24,12-15-6-2-1-3-7-15)13-25-14-26-18-11-10-16-8-4-5-9-17(16)21-18/h4-5,8-11,15,24-25H,1-3,6-7,12-14H2,(H,22,23). The first-order valence-electron chi connectivity index (χ1n) is 9.22. The SMILES string of the molecule is O=C(O)C(O)(CPCSc1ccc2ccccc2n1)CC1CCCCC1. The molecule has 0 aliphatic heterocycles. The number of carboxylic acid groups (broad SMARTS) is 1. The summed E-state index contributed by atoms with van der Waals surface area (Å²) in [5, 5.41) is 22.3. The van der Waals surface area contributed by atoms with E-state index in [1.54, 1.807) is 11.8 Å². The van der Waals surface area contributed by atoms with E-state index in [1.165, 1.54) is 6.42 Å². The molecule has 1 aliphatic carbocycles. The molecule has 4 nitrogen and oxygen atoms in total. The maximum atomic E-state index is 11.6. The van der Waals surface area contributed by atoms with Crippen molar-refractivity contribution in [1.82, 2.24) is 4.98 Å². The van der Waals surface area contributed by atoms with Crippen molar-refractivity contribution in [3.63, 3.8) is 0 Å². The van der Waals surface area contributed by atoms with Crippen LogP contribution in [0.15, 0.2) is 41.4 Å². The van der Waals surface area contributed by atoms with Crippen molar-refractivity contribution in [2.45, 2.75) is 49.2 Å². The molecule has 0 spiro atoms. The Hall–Kier alpha value is -1.16. The second-order valence-corrected chi connectivity index (χ2v) is 9.82. The predicted octanol–water partition coefficient (Wildman–Crippen LogP) is 4.75. The minimum absolute atomic E-state index is 0.333. The van der Waals surface area contributed by atoms with Gasteiger partial charge in [-0.3, -0.25) is 0 Å². The summed E-state index contributed by atoms with van der Waals surface area (Å²) in [6, 6.07) is 12.1. The molecule has 2 N–H and O–H groups in total. The van der Waals surface area contributed by atoms with Gasteiger partial charge >= 0.3 is 5.97 Å². The number of aromatic nitrogens is 1. The molecule has 2 atom stereocenters. The predicted molar refractivity (Wildman–Crippen MR) is 109 cm³/mol. The van der Waals surface area contributed by atoms with E-state index in [9.17, 15) is 15.0 Å². The molecule has 0 bridgehead atoms. The molecule has 3 rings (SSSR count). The number of thioether (sulfide) groups is 1. The van der Waals surface area contributed by atoms with Crippen LogP contribution in [-0.2, 0) is 4.79 Å². The summed E-state index contributed by atoms with van der Waals surface area (Å²) in [4.78, 5) is 16.3. The zero-order valence-corrected chi connectivity index (χ0v) is 16.7. The Labute approximate surface area is 160 Å². The Morgan fingerprint density at radius 3 is 2.73 bits per heavy atom. The van der Waals surface area contributed by atoms with Gasteiger partial charge in [0, 0.05) is 17.0 Å². The fourth-order valence-corrected chi connectivity index (χ4v) is 6.06. The number of pyridine rings is 1. The molecule has 1 fully saturated rings. The van der Waals surface area contributed by atoms with E-state index in [-0.39, 0.29) is 0 Å². The molecular formula is C20H26NO3PS. The number of hydrogen-bond acceptors (Lipinski definition) is 4. The first kappa shape index (κ1) is 19.6. The average Bonchev–Trinajstić information content (AvgIpc) is 2.66. The molecule has 1 aliphatic rings. The number of fused-ring (bicyclic) bond motifs is 1. The Bertz CT molecular complexity index is 751. The molecular weight excluding hydrogens is 365 g/mol. The van der Waals surface area contributed by atoms with Crippen LogP contribution in [0, 0.1) is 5.92 Å². The van der Waals surface area contributed by atoms with Crippen molar-refractivity contribution in [3.05, 3.63) is 36.4 Å². The number of carbonyl (C=O) groups is 1. The molecule has 2 aromatic rings. The van der Waals surface area contributed by atoms with E-state index >= 15 is 0 Å². The quantitative estimate of drug-likeness (QED) is 0.386. The number of hydrogen-bond donors (Lipinski definition) is 2. The molecule has 0 radical (unpaired) electrons. The minimum Gasteiger partial charge on any atom is -0.479 e. The fraction of sp³-hybridized carbons (Fsp3) is 0.500. The van der Waals surface area contributed by atoms with E-state index < -0.39 is 11.6 Å². The zero-order valence-electron chi connectivity index (χ0n) is 14.9. The molecule has 0 saturated heterocycles. The second kappa shape index (κ2) is 9.16. The molecule has 6 heteroatoms. The highest BCUT2D eigenvalue weighted by atomic mass is 32.2. The van der Waals surface area contributed by atoms with Crippen LogP contribution in [0.2, 0.25) is 0 Å². The highest BCUT2D eigenvalue weighted by molar-refractivity contribution is 8.03. The van der Waals surface area contributed by atoms with Gasteiger partial charge in [-0.1, -0.05) is 56.4 Å². The normalized spacial score (nSPS) is 18.3. The van der Waals surface area contributed by atoms with Crippen molar-refractivity contribution in [2.24, 2.45) is 5.92 Å². The lowest BCUT2D eigenvalue weighted by molar-refractivity contribution is -0.158. The van der Waals surface area contributed by atoms with E-state index in [1.807, 2.05) is 30.3 Å². The zero-order chi connectivity index (χ0) is 18.4. The van der Waals surface area contributed by atoms with Gasteiger partial charge in [0.25, 0.3) is 0 Å². The Kier molecular flexibility index (Phi) is 6.91. The summed E-state index contributed by atoms with van der Waals surface area (Å²) in [5.74, 6) is -0.714.